The Hall–Kier alpha value is -3.83. The molecule has 3 rings (SSSR count). The molecule has 0 spiro atoms. The van der Waals surface area contributed by atoms with Gasteiger partial charge in [-0.25, -0.2) is 4.39 Å². The predicted molar refractivity (Wildman–Crippen MR) is 144 cm³/mol. The van der Waals surface area contributed by atoms with Crippen LogP contribution in [0.25, 0.3) is 6.08 Å². The van der Waals surface area contributed by atoms with Gasteiger partial charge in [-0.3, -0.25) is 4.79 Å². The summed E-state index contributed by atoms with van der Waals surface area (Å²) >= 11 is 3.48. The van der Waals surface area contributed by atoms with E-state index in [-0.39, 0.29) is 18.0 Å². The Labute approximate surface area is 219 Å². The quantitative estimate of drug-likeness (QED) is 0.228. The van der Waals surface area contributed by atoms with Crippen LogP contribution in [0.5, 0.6) is 11.5 Å². The molecule has 3 aromatic rings. The lowest BCUT2D eigenvalue weighted by Crippen LogP contribution is -2.21. The lowest BCUT2D eigenvalue weighted by atomic mass is 10.1. The smallest absolute Gasteiger partial charge is 0.266 e. The molecule has 0 atom stereocenters. The zero-order valence-corrected chi connectivity index (χ0v) is 21.9. The van der Waals surface area contributed by atoms with E-state index in [0.29, 0.717) is 27.2 Å². The fourth-order valence-electron chi connectivity index (χ4n) is 3.56. The van der Waals surface area contributed by atoms with Crippen molar-refractivity contribution >= 4 is 39.3 Å². The summed E-state index contributed by atoms with van der Waals surface area (Å²) in [4.78, 5) is 15.0. The number of nitrogens with one attached hydrogen (secondary N) is 1. The minimum atomic E-state index is -0.514. The van der Waals surface area contributed by atoms with E-state index in [4.69, 9.17) is 9.47 Å². The minimum absolute atomic E-state index is 0.0586. The Kier molecular flexibility index (Phi) is 9.48. The average molecular weight is 552 g/mol. The topological polar surface area (TPSA) is 74.6 Å². The molecule has 0 aliphatic carbocycles. The van der Waals surface area contributed by atoms with Crippen molar-refractivity contribution < 1.29 is 18.7 Å². The van der Waals surface area contributed by atoms with E-state index in [9.17, 15) is 14.4 Å². The van der Waals surface area contributed by atoms with Crippen LogP contribution in [0.3, 0.4) is 0 Å². The summed E-state index contributed by atoms with van der Waals surface area (Å²) in [5.74, 6) is 0.0418. The van der Waals surface area contributed by atoms with Gasteiger partial charge in [-0.15, -0.1) is 0 Å². The summed E-state index contributed by atoms with van der Waals surface area (Å²) < 4.78 is 25.1. The highest BCUT2D eigenvalue weighted by Gasteiger charge is 2.15. The van der Waals surface area contributed by atoms with Crippen molar-refractivity contribution in [2.24, 2.45) is 0 Å². The standard InChI is InChI=1S/C28H27BrFN3O3/c1-4-33(5-2)24-12-10-23(11-13-24)32-28(34)21(17-31)14-20-15-25(29)27(26(16-20)35-3)36-18-19-6-8-22(30)9-7-19/h6-16H,4-5,18H2,1-3H3,(H,32,34)/b21-14-. The Balaban J connectivity index is 1.76. The number of anilines is 2. The molecule has 3 aromatic carbocycles. The maximum Gasteiger partial charge on any atom is 0.266 e. The second-order valence-corrected chi connectivity index (χ2v) is 8.65. The number of carbonyl (C=O) groups excluding carboxylic acids is 1. The molecule has 0 radical (unpaired) electrons. The lowest BCUT2D eigenvalue weighted by Gasteiger charge is -2.21. The Morgan fingerprint density at radius 3 is 2.36 bits per heavy atom. The molecule has 8 heteroatoms. The van der Waals surface area contributed by atoms with Gasteiger partial charge in [-0.2, -0.15) is 5.26 Å². The van der Waals surface area contributed by atoms with Crippen LogP contribution in [0, 0.1) is 17.1 Å². The monoisotopic (exact) mass is 551 g/mol. The Bertz CT molecular complexity index is 1260. The molecule has 0 heterocycles. The molecule has 0 fully saturated rings. The summed E-state index contributed by atoms with van der Waals surface area (Å²) in [5.41, 5.74) is 2.98. The molecule has 0 aliphatic rings. The first kappa shape index (κ1) is 26.8. The van der Waals surface area contributed by atoms with Crippen molar-refractivity contribution in [2.45, 2.75) is 20.5 Å². The number of hydrogen-bond donors (Lipinski definition) is 1. The third-order valence-electron chi connectivity index (χ3n) is 5.48. The molecular weight excluding hydrogens is 525 g/mol. The molecule has 0 aromatic heterocycles. The van der Waals surface area contributed by atoms with E-state index in [1.807, 2.05) is 30.3 Å². The largest absolute Gasteiger partial charge is 0.493 e. The zero-order valence-electron chi connectivity index (χ0n) is 20.3. The number of nitriles is 1. The van der Waals surface area contributed by atoms with Gasteiger partial charge in [0.1, 0.15) is 24.1 Å². The van der Waals surface area contributed by atoms with Crippen LogP contribution in [0.2, 0.25) is 0 Å². The van der Waals surface area contributed by atoms with Gasteiger partial charge in [0.2, 0.25) is 0 Å². The van der Waals surface area contributed by atoms with Gasteiger partial charge in [-0.1, -0.05) is 12.1 Å². The normalized spacial score (nSPS) is 10.9. The molecule has 0 aliphatic heterocycles. The van der Waals surface area contributed by atoms with Crippen LogP contribution in [-0.4, -0.2) is 26.1 Å². The van der Waals surface area contributed by atoms with Crippen molar-refractivity contribution in [3.63, 3.8) is 0 Å². The van der Waals surface area contributed by atoms with Crippen molar-refractivity contribution in [1.82, 2.24) is 0 Å². The first-order valence-corrected chi connectivity index (χ1v) is 12.2. The zero-order chi connectivity index (χ0) is 26.1. The number of carbonyl (C=O) groups is 1. The highest BCUT2D eigenvalue weighted by Crippen LogP contribution is 2.38. The van der Waals surface area contributed by atoms with Crippen molar-refractivity contribution in [1.29, 1.82) is 5.26 Å². The number of rotatable bonds is 10. The third-order valence-corrected chi connectivity index (χ3v) is 6.07. The summed E-state index contributed by atoms with van der Waals surface area (Å²) in [5, 5.41) is 12.4. The first-order valence-electron chi connectivity index (χ1n) is 11.4. The number of amides is 1. The van der Waals surface area contributed by atoms with Gasteiger partial charge in [0.25, 0.3) is 5.91 Å². The number of hydrogen-bond acceptors (Lipinski definition) is 5. The summed E-state index contributed by atoms with van der Waals surface area (Å²) in [6, 6.07) is 18.9. The summed E-state index contributed by atoms with van der Waals surface area (Å²) in [6.07, 6.45) is 1.48. The van der Waals surface area contributed by atoms with Gasteiger partial charge >= 0.3 is 0 Å². The molecule has 0 saturated heterocycles. The van der Waals surface area contributed by atoms with E-state index in [0.717, 1.165) is 24.3 Å². The fourth-order valence-corrected chi connectivity index (χ4v) is 4.13. The second kappa shape index (κ2) is 12.8. The molecule has 6 nitrogen and oxygen atoms in total. The lowest BCUT2D eigenvalue weighted by molar-refractivity contribution is -0.112. The second-order valence-electron chi connectivity index (χ2n) is 7.79. The maximum atomic E-state index is 13.1. The van der Waals surface area contributed by atoms with Gasteiger partial charge in [-0.05, 0) is 95.5 Å². The molecule has 1 N–H and O–H groups in total. The Morgan fingerprint density at radius 2 is 1.78 bits per heavy atom. The van der Waals surface area contributed by atoms with E-state index < -0.39 is 5.91 Å². The van der Waals surface area contributed by atoms with Gasteiger partial charge in [0.05, 0.1) is 11.6 Å². The van der Waals surface area contributed by atoms with Crippen LogP contribution < -0.4 is 19.7 Å². The molecule has 0 saturated carbocycles. The van der Waals surface area contributed by atoms with Gasteiger partial charge in [0.15, 0.2) is 11.5 Å². The molecule has 186 valence electrons. The predicted octanol–water partition coefficient (Wildman–Crippen LogP) is 6.57. The fraction of sp³-hybridized carbons (Fsp3) is 0.214. The first-order chi connectivity index (χ1) is 17.4. The number of nitrogens with zero attached hydrogens (tertiary/aromatic N) is 2. The molecule has 0 bridgehead atoms. The number of benzene rings is 3. The average Bonchev–Trinajstić information content (AvgIpc) is 2.88. The van der Waals surface area contributed by atoms with Crippen LogP contribution in [-0.2, 0) is 11.4 Å². The van der Waals surface area contributed by atoms with Gasteiger partial charge in [0, 0.05) is 24.5 Å². The number of ether oxygens (including phenoxy) is 2. The van der Waals surface area contributed by atoms with Crippen LogP contribution >= 0.6 is 15.9 Å². The van der Waals surface area contributed by atoms with Gasteiger partial charge < -0.3 is 19.7 Å². The van der Waals surface area contributed by atoms with Crippen LogP contribution in [0.4, 0.5) is 15.8 Å². The molecule has 36 heavy (non-hydrogen) atoms. The number of methoxy groups -OCH3 is 1. The highest BCUT2D eigenvalue weighted by molar-refractivity contribution is 9.10. The van der Waals surface area contributed by atoms with Crippen molar-refractivity contribution in [3.8, 4) is 17.6 Å². The van der Waals surface area contributed by atoms with E-state index in [2.05, 4.69) is 40.0 Å². The van der Waals surface area contributed by atoms with E-state index >= 15 is 0 Å². The summed E-state index contributed by atoms with van der Waals surface area (Å²) in [7, 11) is 1.50. The minimum Gasteiger partial charge on any atom is -0.493 e. The highest BCUT2D eigenvalue weighted by atomic mass is 79.9. The molecular formula is C28H27BrFN3O3. The molecule has 1 amide bonds. The van der Waals surface area contributed by atoms with Crippen LogP contribution in [0.15, 0.2) is 70.7 Å². The maximum absolute atomic E-state index is 13.1. The SMILES string of the molecule is CCN(CC)c1ccc(NC(=O)/C(C#N)=C\c2cc(Br)c(OCc3ccc(F)cc3)c(OC)c2)cc1. The number of halogens is 2. The summed E-state index contributed by atoms with van der Waals surface area (Å²) in [6.45, 7) is 6.15. The van der Waals surface area contributed by atoms with E-state index in [1.54, 1.807) is 24.3 Å². The third kappa shape index (κ3) is 6.86. The van der Waals surface area contributed by atoms with Crippen molar-refractivity contribution in [3.05, 3.63) is 87.7 Å². The van der Waals surface area contributed by atoms with Crippen LogP contribution in [0.1, 0.15) is 25.0 Å². The van der Waals surface area contributed by atoms with Crippen molar-refractivity contribution in [2.75, 3.05) is 30.4 Å². The Morgan fingerprint density at radius 1 is 1.11 bits per heavy atom. The molecule has 0 unspecified atom stereocenters. The van der Waals surface area contributed by atoms with E-state index in [1.165, 1.54) is 25.3 Å².